The van der Waals surface area contributed by atoms with E-state index in [1.807, 2.05) is 46.4 Å². The first-order chi connectivity index (χ1) is 20.8. The fraction of sp³-hybridized carbons (Fsp3) is 0.375. The molecule has 1 amide bonds. The summed E-state index contributed by atoms with van der Waals surface area (Å²) in [5.41, 5.74) is 6.51. The van der Waals surface area contributed by atoms with E-state index in [-0.39, 0.29) is 63.6 Å². The third kappa shape index (κ3) is 5.18. The van der Waals surface area contributed by atoms with E-state index < -0.39 is 17.3 Å². The van der Waals surface area contributed by atoms with Crippen molar-refractivity contribution in [3.8, 4) is 16.9 Å². The third-order valence-electron chi connectivity index (χ3n) is 7.93. The average Bonchev–Trinajstić information content (AvgIpc) is 2.96. The monoisotopic (exact) mass is 602 g/mol. The zero-order chi connectivity index (χ0) is 32.0. The van der Waals surface area contributed by atoms with E-state index >= 15 is 8.78 Å². The van der Waals surface area contributed by atoms with Crippen molar-refractivity contribution in [2.45, 2.75) is 65.5 Å². The van der Waals surface area contributed by atoms with Crippen LogP contribution in [0.4, 0.5) is 20.3 Å². The van der Waals surface area contributed by atoms with Gasteiger partial charge in [0.25, 0.3) is 0 Å². The number of aromatic nitrogens is 5. The number of benzene rings is 1. The minimum absolute atomic E-state index is 0.00151. The number of hydrogen-bond acceptors (Lipinski definition) is 8. The Bertz CT molecular complexity index is 1780. The third-order valence-corrected chi connectivity index (χ3v) is 7.93. The Morgan fingerprint density at radius 1 is 1.02 bits per heavy atom. The van der Waals surface area contributed by atoms with Crippen molar-refractivity contribution in [2.75, 3.05) is 23.7 Å². The summed E-state index contributed by atoms with van der Waals surface area (Å²) in [5, 5.41) is 0.233. The van der Waals surface area contributed by atoms with Gasteiger partial charge in [-0.1, -0.05) is 40.3 Å². The second-order valence-corrected chi connectivity index (χ2v) is 11.8. The van der Waals surface area contributed by atoms with Crippen LogP contribution in [0.15, 0.2) is 48.0 Å². The molecule has 4 heterocycles. The topological polar surface area (TPSA) is 123 Å². The zero-order valence-electron chi connectivity index (χ0n) is 25.7. The van der Waals surface area contributed by atoms with E-state index in [0.29, 0.717) is 30.2 Å². The van der Waals surface area contributed by atoms with Crippen LogP contribution in [-0.2, 0) is 4.79 Å². The highest BCUT2D eigenvalue weighted by Crippen LogP contribution is 2.36. The maximum atomic E-state index is 16.0. The number of rotatable bonds is 6. The molecular formula is C32H36F2N8O2. The number of pyridine rings is 1. The molecule has 0 unspecified atom stereocenters. The molecule has 0 aliphatic carbocycles. The van der Waals surface area contributed by atoms with Crippen molar-refractivity contribution in [3.63, 3.8) is 0 Å². The highest BCUT2D eigenvalue weighted by molar-refractivity contribution is 5.92. The van der Waals surface area contributed by atoms with Crippen LogP contribution in [0.2, 0.25) is 0 Å². The first kappa shape index (κ1) is 30.7. The number of piperazine rings is 1. The summed E-state index contributed by atoms with van der Waals surface area (Å²) in [7, 11) is 0. The minimum Gasteiger partial charge on any atom is -0.398 e. The molecule has 1 aliphatic heterocycles. The molecule has 230 valence electrons. The van der Waals surface area contributed by atoms with Gasteiger partial charge in [-0.3, -0.25) is 4.79 Å². The van der Waals surface area contributed by atoms with Gasteiger partial charge >= 0.3 is 5.69 Å². The molecule has 10 nitrogen and oxygen atoms in total. The van der Waals surface area contributed by atoms with Gasteiger partial charge in [0.2, 0.25) is 5.91 Å². The Kier molecular flexibility index (Phi) is 8.19. The summed E-state index contributed by atoms with van der Waals surface area (Å²) in [4.78, 5) is 48.4. The van der Waals surface area contributed by atoms with Crippen LogP contribution in [0.3, 0.4) is 0 Å². The van der Waals surface area contributed by atoms with Crippen LogP contribution in [0.25, 0.3) is 28.0 Å². The van der Waals surface area contributed by atoms with Crippen molar-refractivity contribution < 1.29 is 13.6 Å². The zero-order valence-corrected chi connectivity index (χ0v) is 25.7. The molecule has 5 rings (SSSR count). The molecular weight excluding hydrogens is 566 g/mol. The lowest BCUT2D eigenvalue weighted by Gasteiger charge is -2.44. The molecule has 0 radical (unpaired) electrons. The van der Waals surface area contributed by atoms with E-state index in [9.17, 15) is 9.59 Å². The van der Waals surface area contributed by atoms with Crippen LogP contribution in [-0.4, -0.2) is 60.5 Å². The van der Waals surface area contributed by atoms with Gasteiger partial charge in [-0.25, -0.2) is 33.1 Å². The lowest BCUT2D eigenvalue weighted by molar-refractivity contribution is -0.130. The van der Waals surface area contributed by atoms with Gasteiger partial charge < -0.3 is 15.5 Å². The first-order valence-corrected chi connectivity index (χ1v) is 14.6. The number of carbonyl (C=O) groups is 1. The van der Waals surface area contributed by atoms with Crippen LogP contribution in [0, 0.1) is 11.6 Å². The van der Waals surface area contributed by atoms with Crippen molar-refractivity contribution in [1.29, 1.82) is 0 Å². The maximum Gasteiger partial charge on any atom is 0.355 e. The average molecular weight is 603 g/mol. The van der Waals surface area contributed by atoms with Gasteiger partial charge in [0.05, 0.1) is 28.0 Å². The summed E-state index contributed by atoms with van der Waals surface area (Å²) in [6, 6.07) is 4.75. The van der Waals surface area contributed by atoms with Gasteiger partial charge in [-0.2, -0.15) is 4.98 Å². The highest BCUT2D eigenvalue weighted by atomic mass is 19.1. The molecule has 0 bridgehead atoms. The molecule has 0 saturated carbocycles. The quantitative estimate of drug-likeness (QED) is 0.243. The molecule has 1 saturated heterocycles. The van der Waals surface area contributed by atoms with E-state index in [1.54, 1.807) is 4.90 Å². The molecule has 1 fully saturated rings. The van der Waals surface area contributed by atoms with Crippen molar-refractivity contribution in [2.24, 2.45) is 0 Å². The Labute approximate surface area is 254 Å². The van der Waals surface area contributed by atoms with E-state index in [2.05, 4.69) is 26.5 Å². The smallest absolute Gasteiger partial charge is 0.355 e. The number of fused-ring (bicyclic) bond motifs is 1. The normalized spacial score (nSPS) is 17.1. The maximum absolute atomic E-state index is 16.0. The van der Waals surface area contributed by atoms with Crippen LogP contribution in [0.5, 0.6) is 0 Å². The fourth-order valence-corrected chi connectivity index (χ4v) is 6.03. The standard InChI is InChI=1S/C32H36F2N8O2/c1-8-24(43)41-18(6)13-40(14-19(41)7)30-20-12-22(34)28(25-21(33)10-9-11-23(25)35)38-31(20)42(32(44)39-30)29-26(16(2)3)36-15-37-27(29)17(4)5/h8-12,15-19H,1,13-14,35H2,2-7H3/t18-,19+. The largest absolute Gasteiger partial charge is 0.398 e. The van der Waals surface area contributed by atoms with Crippen LogP contribution < -0.4 is 16.3 Å². The molecule has 1 aromatic carbocycles. The number of halogens is 2. The second-order valence-electron chi connectivity index (χ2n) is 11.8. The van der Waals surface area contributed by atoms with Crippen molar-refractivity contribution in [3.05, 3.63) is 76.8 Å². The second kappa shape index (κ2) is 11.7. The van der Waals surface area contributed by atoms with Crippen LogP contribution in [0.1, 0.15) is 64.8 Å². The minimum atomic E-state index is -0.832. The number of anilines is 2. The van der Waals surface area contributed by atoms with E-state index in [1.165, 1.54) is 41.2 Å². The molecule has 2 N–H and O–H groups in total. The Hall–Kier alpha value is -4.74. The SMILES string of the molecule is C=CC(=O)N1[C@H](C)CN(c2nc(=O)n(-c3c(C(C)C)ncnc3C(C)C)c3nc(-c4c(N)cccc4F)c(F)cc23)C[C@@H]1C. The highest BCUT2D eigenvalue weighted by Gasteiger charge is 2.34. The van der Waals surface area contributed by atoms with E-state index in [0.717, 1.165) is 0 Å². The van der Waals surface area contributed by atoms with Gasteiger partial charge in [0, 0.05) is 30.9 Å². The summed E-state index contributed by atoms with van der Waals surface area (Å²) < 4.78 is 32.4. The molecule has 3 aromatic heterocycles. The Morgan fingerprint density at radius 3 is 2.18 bits per heavy atom. The van der Waals surface area contributed by atoms with Crippen LogP contribution >= 0.6 is 0 Å². The number of nitrogens with two attached hydrogens (primary N) is 1. The lowest BCUT2D eigenvalue weighted by Crippen LogP contribution is -2.58. The summed E-state index contributed by atoms with van der Waals surface area (Å²) in [6.45, 7) is 15.8. The van der Waals surface area contributed by atoms with E-state index in [4.69, 9.17) is 5.73 Å². The molecule has 2 atom stereocenters. The molecule has 12 heteroatoms. The number of carbonyl (C=O) groups excluding carboxylic acids is 1. The summed E-state index contributed by atoms with van der Waals surface area (Å²) >= 11 is 0. The fourth-order valence-electron chi connectivity index (χ4n) is 6.03. The Morgan fingerprint density at radius 2 is 1.64 bits per heavy atom. The summed E-state index contributed by atoms with van der Waals surface area (Å²) in [5.74, 6) is -1.82. The molecule has 4 aromatic rings. The number of nitrogen functional groups attached to an aromatic ring is 1. The van der Waals surface area contributed by atoms with Gasteiger partial charge in [-0.05, 0) is 50.0 Å². The predicted molar refractivity (Wildman–Crippen MR) is 167 cm³/mol. The van der Waals surface area contributed by atoms with Gasteiger partial charge in [0.1, 0.15) is 23.7 Å². The van der Waals surface area contributed by atoms with Crippen molar-refractivity contribution in [1.82, 2.24) is 29.4 Å². The molecule has 1 aliphatic rings. The molecule has 44 heavy (non-hydrogen) atoms. The number of hydrogen-bond donors (Lipinski definition) is 1. The van der Waals surface area contributed by atoms with Crippen molar-refractivity contribution >= 4 is 28.4 Å². The lowest BCUT2D eigenvalue weighted by atomic mass is 10.0. The first-order valence-electron chi connectivity index (χ1n) is 14.6. The number of amides is 1. The summed E-state index contributed by atoms with van der Waals surface area (Å²) in [6.07, 6.45) is 2.72. The molecule has 0 spiro atoms. The predicted octanol–water partition coefficient (Wildman–Crippen LogP) is 4.96. The van der Waals surface area contributed by atoms with Gasteiger partial charge in [-0.15, -0.1) is 0 Å². The Balaban J connectivity index is 1.87. The van der Waals surface area contributed by atoms with Gasteiger partial charge in [0.15, 0.2) is 11.5 Å². The number of nitrogens with zero attached hydrogens (tertiary/aromatic N) is 7.